The van der Waals surface area contributed by atoms with Gasteiger partial charge in [-0.1, -0.05) is 11.6 Å². The van der Waals surface area contributed by atoms with Gasteiger partial charge >= 0.3 is 23.9 Å². The highest BCUT2D eigenvalue weighted by molar-refractivity contribution is 6.20. The molecule has 0 aromatic carbocycles. The summed E-state index contributed by atoms with van der Waals surface area (Å²) in [6.45, 7) is 4.43. The lowest BCUT2D eigenvalue weighted by molar-refractivity contribution is -0.282. The van der Waals surface area contributed by atoms with Gasteiger partial charge in [-0.25, -0.2) is 0 Å². The van der Waals surface area contributed by atoms with Gasteiger partial charge in [0.1, 0.15) is 0 Å². The molecule has 9 nitrogen and oxygen atoms in total. The smallest absolute Gasteiger partial charge is 0.305 e. The summed E-state index contributed by atoms with van der Waals surface area (Å²) in [7, 11) is 0. The second-order valence-corrected chi connectivity index (χ2v) is 5.12. The maximum absolute atomic E-state index is 11.3. The molecule has 1 aliphatic heterocycles. The van der Waals surface area contributed by atoms with Crippen molar-refractivity contribution >= 4 is 35.5 Å². The predicted octanol–water partition coefficient (Wildman–Crippen LogP) is 0.266. The molecule has 0 N–H and O–H groups in total. The summed E-state index contributed by atoms with van der Waals surface area (Å²) in [5.74, 6) is -2.93. The number of hydrogen-bond donors (Lipinski definition) is 0. The minimum absolute atomic E-state index is 0.714. The van der Waals surface area contributed by atoms with Gasteiger partial charge < -0.3 is 23.7 Å². The van der Waals surface area contributed by atoms with Gasteiger partial charge in [0, 0.05) is 27.7 Å². The van der Waals surface area contributed by atoms with Crippen LogP contribution in [0.3, 0.4) is 0 Å². The second-order valence-electron chi connectivity index (χ2n) is 4.69. The first-order chi connectivity index (χ1) is 10.6. The van der Waals surface area contributed by atoms with E-state index in [0.717, 1.165) is 27.7 Å². The Kier molecular flexibility index (Phi) is 6.77. The quantitative estimate of drug-likeness (QED) is 0.399. The highest BCUT2D eigenvalue weighted by atomic mass is 35.5. The Bertz CT molecular complexity index is 492. The topological polar surface area (TPSA) is 114 Å². The molecular weight excluding hydrogens is 336 g/mol. The average Bonchev–Trinajstić information content (AvgIpc) is 2.36. The molecule has 1 aliphatic rings. The number of ether oxygens (including phenoxy) is 5. The first-order valence-corrected chi connectivity index (χ1v) is 7.04. The minimum atomic E-state index is -1.42. The molecule has 0 unspecified atom stereocenters. The summed E-state index contributed by atoms with van der Waals surface area (Å²) in [5, 5.41) is 0. The van der Waals surface area contributed by atoms with Crippen molar-refractivity contribution in [3.05, 3.63) is 0 Å². The lowest BCUT2D eigenvalue weighted by Gasteiger charge is -2.41. The van der Waals surface area contributed by atoms with Crippen LogP contribution >= 0.6 is 11.6 Å². The van der Waals surface area contributed by atoms with E-state index in [1.165, 1.54) is 0 Å². The number of carbonyl (C=O) groups is 4. The third kappa shape index (κ3) is 5.68. The van der Waals surface area contributed by atoms with Gasteiger partial charge in [0.25, 0.3) is 0 Å². The van der Waals surface area contributed by atoms with E-state index < -0.39 is 54.0 Å². The molecule has 0 aromatic rings. The molecule has 0 radical (unpaired) electrons. The third-order valence-electron chi connectivity index (χ3n) is 2.63. The van der Waals surface area contributed by atoms with Crippen molar-refractivity contribution in [3.8, 4) is 0 Å². The first-order valence-electron chi connectivity index (χ1n) is 6.60. The normalized spacial score (nSPS) is 30.0. The molecule has 1 saturated heterocycles. The van der Waals surface area contributed by atoms with Crippen molar-refractivity contribution in [2.45, 2.75) is 57.9 Å². The Labute approximate surface area is 137 Å². The van der Waals surface area contributed by atoms with Crippen molar-refractivity contribution in [1.29, 1.82) is 0 Å². The zero-order valence-corrected chi connectivity index (χ0v) is 13.7. The molecular formula is C13H17ClO9. The molecule has 5 atom stereocenters. The van der Waals surface area contributed by atoms with Gasteiger partial charge in [0.2, 0.25) is 12.4 Å². The van der Waals surface area contributed by atoms with E-state index in [2.05, 4.69) is 0 Å². The van der Waals surface area contributed by atoms with Crippen LogP contribution in [0, 0.1) is 0 Å². The van der Waals surface area contributed by atoms with E-state index >= 15 is 0 Å². The fourth-order valence-corrected chi connectivity index (χ4v) is 2.28. The van der Waals surface area contributed by atoms with Crippen molar-refractivity contribution in [1.82, 2.24) is 0 Å². The molecule has 0 bridgehead atoms. The summed E-state index contributed by atoms with van der Waals surface area (Å²) in [6, 6.07) is 0. The number of esters is 4. The van der Waals surface area contributed by atoms with E-state index in [9.17, 15) is 19.2 Å². The number of hydrogen-bond acceptors (Lipinski definition) is 9. The van der Waals surface area contributed by atoms with Crippen molar-refractivity contribution in [3.63, 3.8) is 0 Å². The summed E-state index contributed by atoms with van der Waals surface area (Å²) >= 11 is 5.96. The van der Waals surface area contributed by atoms with Crippen LogP contribution in [0.2, 0.25) is 0 Å². The van der Waals surface area contributed by atoms with Gasteiger partial charge in [-0.05, 0) is 0 Å². The van der Waals surface area contributed by atoms with Crippen molar-refractivity contribution in [2.24, 2.45) is 0 Å². The average molecular weight is 353 g/mol. The van der Waals surface area contributed by atoms with E-state index in [1.54, 1.807) is 0 Å². The molecule has 23 heavy (non-hydrogen) atoms. The van der Waals surface area contributed by atoms with Gasteiger partial charge in [-0.3, -0.25) is 19.2 Å². The van der Waals surface area contributed by atoms with Crippen molar-refractivity contribution in [2.75, 3.05) is 0 Å². The molecule has 0 aliphatic carbocycles. The Morgan fingerprint density at radius 2 is 1.09 bits per heavy atom. The lowest BCUT2D eigenvalue weighted by Crippen LogP contribution is -2.60. The summed E-state index contributed by atoms with van der Waals surface area (Å²) < 4.78 is 25.1. The lowest BCUT2D eigenvalue weighted by atomic mass is 10.0. The molecule has 0 spiro atoms. The maximum Gasteiger partial charge on any atom is 0.305 e. The van der Waals surface area contributed by atoms with E-state index in [-0.39, 0.29) is 0 Å². The van der Waals surface area contributed by atoms with Crippen LogP contribution in [0.4, 0.5) is 0 Å². The Morgan fingerprint density at radius 3 is 1.52 bits per heavy atom. The first kappa shape index (κ1) is 19.2. The van der Waals surface area contributed by atoms with E-state index in [4.69, 9.17) is 35.3 Å². The predicted molar refractivity (Wildman–Crippen MR) is 72.9 cm³/mol. The Balaban J connectivity index is 3.15. The van der Waals surface area contributed by atoms with Gasteiger partial charge in [0.05, 0.1) is 0 Å². The number of halogens is 1. The van der Waals surface area contributed by atoms with Crippen LogP contribution in [-0.4, -0.2) is 54.0 Å². The van der Waals surface area contributed by atoms with Gasteiger partial charge in [-0.2, -0.15) is 0 Å². The van der Waals surface area contributed by atoms with Crippen LogP contribution in [0.5, 0.6) is 0 Å². The van der Waals surface area contributed by atoms with Crippen LogP contribution in [-0.2, 0) is 42.9 Å². The van der Waals surface area contributed by atoms with Crippen LogP contribution in [0.25, 0.3) is 0 Å². The molecule has 1 rings (SSSR count). The van der Waals surface area contributed by atoms with E-state index in [0.29, 0.717) is 0 Å². The number of carbonyl (C=O) groups excluding carboxylic acids is 4. The SMILES string of the molecule is CC(=O)O[C@H]1O[C@H](Cl)[C@H](OC(C)=O)[C@@H](OC(C)=O)[C@H]1OC(C)=O. The second kappa shape index (κ2) is 8.11. The fraction of sp³-hybridized carbons (Fsp3) is 0.692. The van der Waals surface area contributed by atoms with Crippen LogP contribution < -0.4 is 0 Å². The molecule has 0 aromatic heterocycles. The highest BCUT2D eigenvalue weighted by Gasteiger charge is 2.52. The monoisotopic (exact) mass is 352 g/mol. The van der Waals surface area contributed by atoms with Crippen LogP contribution in [0.1, 0.15) is 27.7 Å². The zero-order chi connectivity index (χ0) is 17.7. The molecule has 1 fully saturated rings. The standard InChI is InChI=1S/C13H17ClO9/c1-5(15)19-9-10(20-6(2)16)12(14)23-13(22-8(4)18)11(9)21-7(3)17/h9-13H,1-4H3/t9-,10-,11-,12+,13+/m1/s1. The summed E-state index contributed by atoms with van der Waals surface area (Å²) in [4.78, 5) is 45.0. The largest absolute Gasteiger partial charge is 0.454 e. The molecule has 0 amide bonds. The maximum atomic E-state index is 11.3. The van der Waals surface area contributed by atoms with E-state index in [1.807, 2.05) is 0 Å². The van der Waals surface area contributed by atoms with Gasteiger partial charge in [0.15, 0.2) is 17.8 Å². The fourth-order valence-electron chi connectivity index (χ4n) is 1.98. The summed E-state index contributed by atoms with van der Waals surface area (Å²) in [5.41, 5.74) is -1.29. The molecule has 130 valence electrons. The van der Waals surface area contributed by atoms with Crippen molar-refractivity contribution < 1.29 is 42.9 Å². The van der Waals surface area contributed by atoms with Gasteiger partial charge in [-0.15, -0.1) is 0 Å². The Hall–Kier alpha value is -1.87. The number of rotatable bonds is 4. The molecule has 1 heterocycles. The molecule has 10 heteroatoms. The summed E-state index contributed by atoms with van der Waals surface area (Å²) in [6.07, 6.45) is -5.33. The third-order valence-corrected chi connectivity index (χ3v) is 2.98. The molecule has 0 saturated carbocycles. The Morgan fingerprint density at radius 1 is 0.696 bits per heavy atom. The number of alkyl halides is 1. The zero-order valence-electron chi connectivity index (χ0n) is 12.9. The van der Waals surface area contributed by atoms with Crippen LogP contribution in [0.15, 0.2) is 0 Å². The minimum Gasteiger partial charge on any atom is -0.454 e. The highest BCUT2D eigenvalue weighted by Crippen LogP contribution is 2.31.